The van der Waals surface area contributed by atoms with Crippen LogP contribution in [0.4, 0.5) is 0 Å². The van der Waals surface area contributed by atoms with Crippen LogP contribution in [-0.2, 0) is 4.79 Å². The maximum Gasteiger partial charge on any atom is 0.223 e. The summed E-state index contributed by atoms with van der Waals surface area (Å²) in [4.78, 5) is 12.3. The van der Waals surface area contributed by atoms with Gasteiger partial charge < -0.3 is 11.1 Å². The molecule has 0 aliphatic heterocycles. The zero-order valence-corrected chi connectivity index (χ0v) is 11.8. The maximum absolute atomic E-state index is 12.3. The van der Waals surface area contributed by atoms with Crippen molar-refractivity contribution in [3.8, 4) is 0 Å². The van der Waals surface area contributed by atoms with Crippen molar-refractivity contribution < 1.29 is 4.79 Å². The van der Waals surface area contributed by atoms with E-state index in [1.165, 1.54) is 12.8 Å². The van der Waals surface area contributed by atoms with E-state index in [0.29, 0.717) is 12.0 Å². The molecule has 0 radical (unpaired) electrons. The molecule has 1 amide bonds. The highest BCUT2D eigenvalue weighted by atomic mass is 16.1. The van der Waals surface area contributed by atoms with Crippen LogP contribution in [0.3, 0.4) is 0 Å². The van der Waals surface area contributed by atoms with E-state index in [2.05, 4.69) is 19.2 Å². The number of amides is 1. The zero-order valence-electron chi connectivity index (χ0n) is 11.8. The fraction of sp³-hybridized carbons (Fsp3) is 0.933. The highest BCUT2D eigenvalue weighted by molar-refractivity contribution is 5.79. The Labute approximate surface area is 111 Å². The van der Waals surface area contributed by atoms with Crippen LogP contribution in [0.2, 0.25) is 0 Å². The van der Waals surface area contributed by atoms with E-state index in [0.717, 1.165) is 38.0 Å². The van der Waals surface area contributed by atoms with Gasteiger partial charge in [-0.15, -0.1) is 0 Å². The Morgan fingerprint density at radius 3 is 2.28 bits per heavy atom. The van der Waals surface area contributed by atoms with Crippen molar-refractivity contribution in [3.63, 3.8) is 0 Å². The molecule has 3 nitrogen and oxygen atoms in total. The molecule has 2 rings (SSSR count). The zero-order chi connectivity index (χ0) is 13.1. The largest absolute Gasteiger partial charge is 0.353 e. The van der Waals surface area contributed by atoms with E-state index in [1.807, 2.05) is 0 Å². The van der Waals surface area contributed by atoms with Gasteiger partial charge in [0, 0.05) is 18.0 Å². The number of hydrogen-bond acceptors (Lipinski definition) is 2. The SMILES string of the molecule is CC1CCC(NC(=O)C2CC(C)CC(N)C2)CC1. The summed E-state index contributed by atoms with van der Waals surface area (Å²) in [6, 6.07) is 0.637. The van der Waals surface area contributed by atoms with Gasteiger partial charge in [0.05, 0.1) is 0 Å². The lowest BCUT2D eigenvalue weighted by Crippen LogP contribution is -2.44. The summed E-state index contributed by atoms with van der Waals surface area (Å²) in [5.41, 5.74) is 6.02. The molecular weight excluding hydrogens is 224 g/mol. The fourth-order valence-corrected chi connectivity index (χ4v) is 3.59. The highest BCUT2D eigenvalue weighted by Crippen LogP contribution is 2.29. The number of carbonyl (C=O) groups is 1. The topological polar surface area (TPSA) is 55.1 Å². The third kappa shape index (κ3) is 3.71. The van der Waals surface area contributed by atoms with E-state index in [1.54, 1.807) is 0 Å². The second-order valence-corrected chi connectivity index (χ2v) is 6.73. The number of nitrogens with one attached hydrogen (secondary N) is 1. The molecule has 0 heterocycles. The van der Waals surface area contributed by atoms with E-state index in [4.69, 9.17) is 5.73 Å². The molecule has 2 aliphatic rings. The second kappa shape index (κ2) is 6.05. The summed E-state index contributed by atoms with van der Waals surface area (Å²) >= 11 is 0. The highest BCUT2D eigenvalue weighted by Gasteiger charge is 2.30. The summed E-state index contributed by atoms with van der Waals surface area (Å²) in [5.74, 6) is 1.84. The molecule has 104 valence electrons. The van der Waals surface area contributed by atoms with Gasteiger partial charge in [-0.2, -0.15) is 0 Å². The van der Waals surface area contributed by atoms with Gasteiger partial charge in [-0.3, -0.25) is 4.79 Å². The lowest BCUT2D eigenvalue weighted by molar-refractivity contribution is -0.127. The molecule has 0 aromatic carbocycles. The minimum absolute atomic E-state index is 0.156. The summed E-state index contributed by atoms with van der Waals surface area (Å²) < 4.78 is 0. The standard InChI is InChI=1S/C15H28N2O/c1-10-3-5-14(6-4-10)17-15(18)12-7-11(2)8-13(16)9-12/h10-14H,3-9,16H2,1-2H3,(H,17,18). The smallest absolute Gasteiger partial charge is 0.223 e. The van der Waals surface area contributed by atoms with Gasteiger partial charge in [0.1, 0.15) is 0 Å². The Bertz CT molecular complexity index is 274. The average Bonchev–Trinajstić information content (AvgIpc) is 2.31. The van der Waals surface area contributed by atoms with E-state index in [-0.39, 0.29) is 17.9 Å². The van der Waals surface area contributed by atoms with E-state index < -0.39 is 0 Å². The number of hydrogen-bond donors (Lipinski definition) is 2. The van der Waals surface area contributed by atoms with Crippen molar-refractivity contribution >= 4 is 5.91 Å². The van der Waals surface area contributed by atoms with Crippen molar-refractivity contribution in [3.05, 3.63) is 0 Å². The van der Waals surface area contributed by atoms with Crippen molar-refractivity contribution in [1.82, 2.24) is 5.32 Å². The molecule has 2 saturated carbocycles. The van der Waals surface area contributed by atoms with Gasteiger partial charge in [0.2, 0.25) is 5.91 Å². The molecule has 0 saturated heterocycles. The van der Waals surface area contributed by atoms with Crippen LogP contribution < -0.4 is 11.1 Å². The first-order valence-electron chi connectivity index (χ1n) is 7.60. The first kappa shape index (κ1) is 13.9. The predicted molar refractivity (Wildman–Crippen MR) is 74.0 cm³/mol. The van der Waals surface area contributed by atoms with Gasteiger partial charge in [-0.25, -0.2) is 0 Å². The van der Waals surface area contributed by atoms with Crippen LogP contribution >= 0.6 is 0 Å². The molecule has 0 aromatic rings. The molecule has 3 N–H and O–H groups in total. The van der Waals surface area contributed by atoms with Crippen molar-refractivity contribution in [2.24, 2.45) is 23.5 Å². The minimum Gasteiger partial charge on any atom is -0.353 e. The molecule has 18 heavy (non-hydrogen) atoms. The maximum atomic E-state index is 12.3. The van der Waals surface area contributed by atoms with Crippen LogP contribution in [0.1, 0.15) is 58.8 Å². The lowest BCUT2D eigenvalue weighted by Gasteiger charge is -2.33. The van der Waals surface area contributed by atoms with Crippen LogP contribution in [0.15, 0.2) is 0 Å². The molecule has 2 fully saturated rings. The van der Waals surface area contributed by atoms with Crippen molar-refractivity contribution in [1.29, 1.82) is 0 Å². The average molecular weight is 252 g/mol. The van der Waals surface area contributed by atoms with Gasteiger partial charge in [0.25, 0.3) is 0 Å². The lowest BCUT2D eigenvalue weighted by atomic mass is 9.79. The van der Waals surface area contributed by atoms with Gasteiger partial charge >= 0.3 is 0 Å². The fourth-order valence-electron chi connectivity index (χ4n) is 3.59. The van der Waals surface area contributed by atoms with Crippen LogP contribution in [0.5, 0.6) is 0 Å². The third-order valence-corrected chi connectivity index (χ3v) is 4.71. The molecule has 0 spiro atoms. The minimum atomic E-state index is 0.156. The quantitative estimate of drug-likeness (QED) is 0.793. The van der Waals surface area contributed by atoms with Gasteiger partial charge in [-0.05, 0) is 56.8 Å². The Kier molecular flexibility index (Phi) is 4.66. The summed E-state index contributed by atoms with van der Waals surface area (Å²) in [5, 5.41) is 3.26. The van der Waals surface area contributed by atoms with Gasteiger partial charge in [0.15, 0.2) is 0 Å². The van der Waals surface area contributed by atoms with Gasteiger partial charge in [-0.1, -0.05) is 13.8 Å². The Morgan fingerprint density at radius 2 is 1.67 bits per heavy atom. The Hall–Kier alpha value is -0.570. The Morgan fingerprint density at radius 1 is 1.00 bits per heavy atom. The number of nitrogens with two attached hydrogens (primary N) is 1. The second-order valence-electron chi connectivity index (χ2n) is 6.73. The first-order chi connectivity index (χ1) is 8.54. The van der Waals surface area contributed by atoms with Crippen molar-refractivity contribution in [2.45, 2.75) is 70.9 Å². The van der Waals surface area contributed by atoms with Crippen molar-refractivity contribution in [2.75, 3.05) is 0 Å². The molecule has 0 aromatic heterocycles. The normalized spacial score (nSPS) is 41.4. The summed E-state index contributed by atoms with van der Waals surface area (Å²) in [7, 11) is 0. The molecule has 3 unspecified atom stereocenters. The van der Waals surface area contributed by atoms with Crippen LogP contribution in [-0.4, -0.2) is 18.0 Å². The number of rotatable bonds is 2. The Balaban J connectivity index is 1.80. The van der Waals surface area contributed by atoms with Crippen LogP contribution in [0, 0.1) is 17.8 Å². The molecule has 3 heteroatoms. The van der Waals surface area contributed by atoms with E-state index >= 15 is 0 Å². The number of carbonyl (C=O) groups excluding carboxylic acids is 1. The summed E-state index contributed by atoms with van der Waals surface area (Å²) in [6.07, 6.45) is 7.78. The predicted octanol–water partition coefficient (Wildman–Crippen LogP) is 2.44. The monoisotopic (exact) mass is 252 g/mol. The summed E-state index contributed by atoms with van der Waals surface area (Å²) in [6.45, 7) is 4.52. The molecular formula is C15H28N2O. The first-order valence-corrected chi connectivity index (χ1v) is 7.60. The molecule has 3 atom stereocenters. The van der Waals surface area contributed by atoms with Crippen LogP contribution in [0.25, 0.3) is 0 Å². The third-order valence-electron chi connectivity index (χ3n) is 4.71. The van der Waals surface area contributed by atoms with E-state index in [9.17, 15) is 4.79 Å². The molecule has 0 bridgehead atoms. The molecule has 2 aliphatic carbocycles.